The fraction of sp³-hybridized carbons (Fsp3) is 0.526. The Bertz CT molecular complexity index is 977. The number of aryl methyl sites for hydroxylation is 1. The average Bonchev–Trinajstić information content (AvgIpc) is 3.38. The van der Waals surface area contributed by atoms with Gasteiger partial charge in [-0.3, -0.25) is 0 Å². The Hall–Kier alpha value is -2.06. The third kappa shape index (κ3) is 2.82. The number of sulfonamides is 1. The van der Waals surface area contributed by atoms with Gasteiger partial charge in [0, 0.05) is 13.0 Å². The third-order valence-corrected chi connectivity index (χ3v) is 7.38. The van der Waals surface area contributed by atoms with Crippen molar-refractivity contribution in [2.75, 3.05) is 13.2 Å². The Morgan fingerprint density at radius 1 is 1.07 bits per heavy atom. The van der Waals surface area contributed by atoms with Gasteiger partial charge < -0.3 is 14.0 Å². The molecule has 3 aliphatic rings. The lowest BCUT2D eigenvalue weighted by molar-refractivity contribution is 0.171. The maximum Gasteiger partial charge on any atom is 0.258 e. The van der Waals surface area contributed by atoms with E-state index < -0.39 is 15.6 Å². The zero-order valence-corrected chi connectivity index (χ0v) is 15.9. The lowest BCUT2D eigenvalue weighted by Gasteiger charge is -2.32. The molecule has 2 aromatic rings. The summed E-state index contributed by atoms with van der Waals surface area (Å²) in [7, 11) is -3.68. The van der Waals surface area contributed by atoms with Crippen LogP contribution in [-0.2, 0) is 28.5 Å². The lowest BCUT2D eigenvalue weighted by Crippen LogP contribution is -2.44. The van der Waals surface area contributed by atoms with Gasteiger partial charge in [0.15, 0.2) is 16.5 Å². The van der Waals surface area contributed by atoms with Gasteiger partial charge in [-0.05, 0) is 37.0 Å². The SMILES string of the molecule is O=S(=O)(NC1(c2ccc3c(c2)OCCO3)CCCC1)c1cnc2n1CCC2. The summed E-state index contributed by atoms with van der Waals surface area (Å²) in [5.74, 6) is 2.26. The van der Waals surface area contributed by atoms with Crippen LogP contribution >= 0.6 is 0 Å². The van der Waals surface area contributed by atoms with Gasteiger partial charge in [0.25, 0.3) is 10.0 Å². The van der Waals surface area contributed by atoms with Gasteiger partial charge in [-0.2, -0.15) is 4.72 Å². The zero-order chi connectivity index (χ0) is 18.5. The molecule has 3 heterocycles. The molecule has 0 saturated heterocycles. The van der Waals surface area contributed by atoms with E-state index in [1.54, 1.807) is 0 Å². The zero-order valence-electron chi connectivity index (χ0n) is 15.1. The predicted molar refractivity (Wildman–Crippen MR) is 98.4 cm³/mol. The van der Waals surface area contributed by atoms with Crippen LogP contribution < -0.4 is 14.2 Å². The van der Waals surface area contributed by atoms with E-state index in [2.05, 4.69) is 9.71 Å². The quantitative estimate of drug-likeness (QED) is 0.868. The van der Waals surface area contributed by atoms with Crippen LogP contribution in [0.3, 0.4) is 0 Å². The van der Waals surface area contributed by atoms with Gasteiger partial charge in [-0.15, -0.1) is 0 Å². The molecule has 5 rings (SSSR count). The molecule has 1 aliphatic carbocycles. The number of hydrogen-bond donors (Lipinski definition) is 1. The van der Waals surface area contributed by atoms with Crippen LogP contribution in [0.4, 0.5) is 0 Å². The first kappa shape index (κ1) is 17.1. The number of nitrogens with one attached hydrogen (secondary N) is 1. The van der Waals surface area contributed by atoms with Gasteiger partial charge in [0.2, 0.25) is 0 Å². The largest absolute Gasteiger partial charge is 0.486 e. The molecular weight excluding hydrogens is 366 g/mol. The Morgan fingerprint density at radius 2 is 1.85 bits per heavy atom. The molecule has 144 valence electrons. The number of rotatable bonds is 4. The van der Waals surface area contributed by atoms with E-state index in [-0.39, 0.29) is 5.03 Å². The standard InChI is InChI=1S/C19H23N3O4S/c23-27(24,18-13-20-17-4-3-9-22(17)18)21-19(7-1-2-8-19)14-5-6-15-16(12-14)26-11-10-25-15/h5-6,12-13,21H,1-4,7-11H2. The molecule has 8 heteroatoms. The van der Waals surface area contributed by atoms with E-state index in [1.165, 1.54) is 6.20 Å². The highest BCUT2D eigenvalue weighted by Gasteiger charge is 2.41. The van der Waals surface area contributed by atoms with Gasteiger partial charge in [0.1, 0.15) is 19.0 Å². The highest BCUT2D eigenvalue weighted by Crippen LogP contribution is 2.43. The van der Waals surface area contributed by atoms with Crippen LogP contribution in [0, 0.1) is 0 Å². The average molecular weight is 389 g/mol. The Labute approximate surface area is 158 Å². The minimum absolute atomic E-state index is 0.277. The molecule has 0 atom stereocenters. The number of fused-ring (bicyclic) bond motifs is 2. The van der Waals surface area contributed by atoms with Gasteiger partial charge in [-0.1, -0.05) is 18.9 Å². The van der Waals surface area contributed by atoms with Crippen molar-refractivity contribution < 1.29 is 17.9 Å². The first-order valence-electron chi connectivity index (χ1n) is 9.56. The number of benzene rings is 1. The third-order valence-electron chi connectivity index (χ3n) is 5.84. The highest BCUT2D eigenvalue weighted by atomic mass is 32.2. The molecule has 1 saturated carbocycles. The predicted octanol–water partition coefficient (Wildman–Crippen LogP) is 2.35. The van der Waals surface area contributed by atoms with E-state index in [1.807, 2.05) is 22.8 Å². The van der Waals surface area contributed by atoms with Crippen LogP contribution in [0.1, 0.15) is 43.5 Å². The van der Waals surface area contributed by atoms with Crippen molar-refractivity contribution in [1.29, 1.82) is 0 Å². The minimum Gasteiger partial charge on any atom is -0.486 e. The van der Waals surface area contributed by atoms with Crippen molar-refractivity contribution in [1.82, 2.24) is 14.3 Å². The maximum atomic E-state index is 13.2. The van der Waals surface area contributed by atoms with Crippen molar-refractivity contribution in [3.63, 3.8) is 0 Å². The molecule has 0 bridgehead atoms. The number of imidazole rings is 1. The topological polar surface area (TPSA) is 82.5 Å². The summed E-state index contributed by atoms with van der Waals surface area (Å²) >= 11 is 0. The second-order valence-electron chi connectivity index (χ2n) is 7.52. The van der Waals surface area contributed by atoms with Crippen molar-refractivity contribution in [3.05, 3.63) is 35.8 Å². The van der Waals surface area contributed by atoms with Crippen LogP contribution in [0.25, 0.3) is 0 Å². The molecule has 2 aliphatic heterocycles. The van der Waals surface area contributed by atoms with Crippen molar-refractivity contribution in [2.45, 2.75) is 55.6 Å². The van der Waals surface area contributed by atoms with Crippen LogP contribution in [-0.4, -0.2) is 31.2 Å². The van der Waals surface area contributed by atoms with Crippen molar-refractivity contribution in [2.24, 2.45) is 0 Å². The fourth-order valence-corrected chi connectivity index (χ4v) is 6.14. The minimum atomic E-state index is -3.68. The lowest BCUT2D eigenvalue weighted by atomic mass is 9.89. The van der Waals surface area contributed by atoms with E-state index in [4.69, 9.17) is 9.47 Å². The highest BCUT2D eigenvalue weighted by molar-refractivity contribution is 7.89. The molecule has 1 aromatic heterocycles. The number of nitrogens with zero attached hydrogens (tertiary/aromatic N) is 2. The smallest absolute Gasteiger partial charge is 0.258 e. The maximum absolute atomic E-state index is 13.2. The summed E-state index contributed by atoms with van der Waals surface area (Å²) in [4.78, 5) is 4.30. The second kappa shape index (κ2) is 6.24. The number of aromatic nitrogens is 2. The fourth-order valence-electron chi connectivity index (χ4n) is 4.52. The summed E-state index contributed by atoms with van der Waals surface area (Å²) in [6.45, 7) is 1.76. The summed E-state index contributed by atoms with van der Waals surface area (Å²) in [5, 5.41) is 0.277. The number of ether oxygens (including phenoxy) is 2. The molecular formula is C19H23N3O4S. The Balaban J connectivity index is 1.52. The van der Waals surface area contributed by atoms with Gasteiger partial charge >= 0.3 is 0 Å². The Morgan fingerprint density at radius 3 is 2.67 bits per heavy atom. The monoisotopic (exact) mass is 389 g/mol. The van der Waals surface area contributed by atoms with E-state index in [9.17, 15) is 8.42 Å². The van der Waals surface area contributed by atoms with Crippen molar-refractivity contribution in [3.8, 4) is 11.5 Å². The molecule has 0 amide bonds. The molecule has 1 N–H and O–H groups in total. The molecule has 0 radical (unpaired) electrons. The van der Waals surface area contributed by atoms with Crippen LogP contribution in [0.2, 0.25) is 0 Å². The molecule has 1 fully saturated rings. The van der Waals surface area contributed by atoms with Crippen LogP contribution in [0.15, 0.2) is 29.4 Å². The normalized spacial score (nSPS) is 20.6. The molecule has 1 aromatic carbocycles. The van der Waals surface area contributed by atoms with E-state index in [0.717, 1.165) is 55.7 Å². The van der Waals surface area contributed by atoms with E-state index in [0.29, 0.717) is 25.5 Å². The molecule has 27 heavy (non-hydrogen) atoms. The summed E-state index contributed by atoms with van der Waals surface area (Å²) in [6.07, 6.45) is 6.79. The summed E-state index contributed by atoms with van der Waals surface area (Å²) in [5.41, 5.74) is 0.326. The molecule has 0 unspecified atom stereocenters. The first-order valence-corrected chi connectivity index (χ1v) is 11.0. The Kier molecular flexibility index (Phi) is 3.94. The van der Waals surface area contributed by atoms with Crippen molar-refractivity contribution >= 4 is 10.0 Å². The molecule has 0 spiro atoms. The molecule has 7 nitrogen and oxygen atoms in total. The second-order valence-corrected chi connectivity index (χ2v) is 9.15. The first-order chi connectivity index (χ1) is 13.1. The van der Waals surface area contributed by atoms with Crippen LogP contribution in [0.5, 0.6) is 11.5 Å². The number of hydrogen-bond acceptors (Lipinski definition) is 5. The summed E-state index contributed by atoms with van der Waals surface area (Å²) < 4.78 is 42.7. The van der Waals surface area contributed by atoms with Gasteiger partial charge in [0.05, 0.1) is 11.7 Å². The van der Waals surface area contributed by atoms with Gasteiger partial charge in [-0.25, -0.2) is 13.4 Å². The summed E-state index contributed by atoms with van der Waals surface area (Å²) in [6, 6.07) is 5.78. The van der Waals surface area contributed by atoms with E-state index >= 15 is 0 Å².